The molecule has 2 heterocycles. The third-order valence-corrected chi connectivity index (χ3v) is 4.02. The molecule has 29 heavy (non-hydrogen) atoms. The number of pyridine rings is 1. The predicted molar refractivity (Wildman–Crippen MR) is 102 cm³/mol. The fourth-order valence-electron chi connectivity index (χ4n) is 2.72. The molecule has 3 aromatic rings. The van der Waals surface area contributed by atoms with Gasteiger partial charge in [0.2, 0.25) is 0 Å². The van der Waals surface area contributed by atoms with Gasteiger partial charge < -0.3 is 10.7 Å². The van der Waals surface area contributed by atoms with Gasteiger partial charge in [0.15, 0.2) is 0 Å². The van der Waals surface area contributed by atoms with E-state index < -0.39 is 23.3 Å². The molecule has 0 atom stereocenters. The summed E-state index contributed by atoms with van der Waals surface area (Å²) in [5.41, 5.74) is -0.824. The number of hydrogen-bond donors (Lipinski definition) is 4. The quantitative estimate of drug-likeness (QED) is 0.499. The van der Waals surface area contributed by atoms with E-state index >= 15 is 0 Å². The zero-order valence-electron chi connectivity index (χ0n) is 15.4. The highest BCUT2D eigenvalue weighted by Gasteiger charge is 2.30. The lowest BCUT2D eigenvalue weighted by Crippen LogP contribution is -2.34. The first-order valence-corrected chi connectivity index (χ1v) is 8.51. The fourth-order valence-corrected chi connectivity index (χ4v) is 2.72. The summed E-state index contributed by atoms with van der Waals surface area (Å²) in [6, 6.07) is 3.40. The van der Waals surface area contributed by atoms with Crippen LogP contribution in [-0.4, -0.2) is 33.1 Å². The van der Waals surface area contributed by atoms with Crippen molar-refractivity contribution in [3.63, 3.8) is 0 Å². The molecule has 2 amide bonds. The smallest absolute Gasteiger partial charge is 0.336 e. The van der Waals surface area contributed by atoms with Gasteiger partial charge in [-0.1, -0.05) is 0 Å². The lowest BCUT2D eigenvalue weighted by molar-refractivity contribution is -0.137. The normalized spacial score (nSPS) is 11.7. The van der Waals surface area contributed by atoms with Gasteiger partial charge in [-0.2, -0.15) is 13.2 Å². The van der Waals surface area contributed by atoms with Crippen LogP contribution >= 0.6 is 0 Å². The largest absolute Gasteiger partial charge is 0.416 e. The maximum atomic E-state index is 12.7. The number of urea groups is 1. The molecule has 0 bridgehead atoms. The molecule has 152 valence electrons. The molecule has 0 aliphatic heterocycles. The van der Waals surface area contributed by atoms with Crippen molar-refractivity contribution in [2.24, 2.45) is 0 Å². The highest BCUT2D eigenvalue weighted by atomic mass is 19.4. The Kier molecular flexibility index (Phi) is 5.14. The van der Waals surface area contributed by atoms with E-state index in [1.165, 1.54) is 6.20 Å². The first kappa shape index (κ1) is 20.1. The van der Waals surface area contributed by atoms with E-state index in [1.807, 2.05) is 0 Å². The van der Waals surface area contributed by atoms with Crippen molar-refractivity contribution in [1.82, 2.24) is 20.1 Å². The number of carbonyl (C=O) groups is 1. The highest BCUT2D eigenvalue weighted by molar-refractivity contribution is 6.04. The van der Waals surface area contributed by atoms with E-state index in [9.17, 15) is 22.8 Å². The van der Waals surface area contributed by atoms with Crippen molar-refractivity contribution in [3.8, 4) is 5.69 Å². The van der Waals surface area contributed by atoms with E-state index in [0.717, 1.165) is 35.2 Å². The SMILES string of the molecule is CC(C)NC(=O)Nc1ncc2c(=O)n(-c3ccc(C(F)(F)F)cc3)[nH]c2c1C=N. The predicted octanol–water partition coefficient (Wildman–Crippen LogP) is 3.26. The first-order chi connectivity index (χ1) is 13.6. The minimum Gasteiger partial charge on any atom is -0.336 e. The van der Waals surface area contributed by atoms with Gasteiger partial charge in [0.05, 0.1) is 27.7 Å². The summed E-state index contributed by atoms with van der Waals surface area (Å²) >= 11 is 0. The van der Waals surface area contributed by atoms with Gasteiger partial charge in [0.1, 0.15) is 5.82 Å². The van der Waals surface area contributed by atoms with Crippen LogP contribution < -0.4 is 16.2 Å². The third kappa shape index (κ3) is 3.98. The Labute approximate surface area is 162 Å². The molecule has 0 aliphatic carbocycles. The third-order valence-electron chi connectivity index (χ3n) is 4.02. The Balaban J connectivity index is 2.06. The molecular formula is C18H17F3N6O2. The highest BCUT2D eigenvalue weighted by Crippen LogP contribution is 2.29. The topological polar surface area (TPSA) is 116 Å². The van der Waals surface area contributed by atoms with Crippen LogP contribution in [0.4, 0.5) is 23.8 Å². The van der Waals surface area contributed by atoms with E-state index in [4.69, 9.17) is 5.41 Å². The number of aromatic nitrogens is 3. The van der Waals surface area contributed by atoms with Gasteiger partial charge in [-0.15, -0.1) is 0 Å². The number of halogens is 3. The summed E-state index contributed by atoms with van der Waals surface area (Å²) in [6.07, 6.45) is -2.33. The fraction of sp³-hybridized carbons (Fsp3) is 0.222. The van der Waals surface area contributed by atoms with Gasteiger partial charge in [0.25, 0.3) is 5.56 Å². The number of amides is 2. The number of nitrogens with one attached hydrogen (secondary N) is 4. The van der Waals surface area contributed by atoms with E-state index in [1.54, 1.807) is 13.8 Å². The molecule has 1 aromatic carbocycles. The minimum atomic E-state index is -4.49. The summed E-state index contributed by atoms with van der Waals surface area (Å²) in [6.45, 7) is 3.55. The van der Waals surface area contributed by atoms with Crippen LogP contribution in [0.15, 0.2) is 35.3 Å². The summed E-state index contributed by atoms with van der Waals surface area (Å²) in [7, 11) is 0. The average Bonchev–Trinajstić information content (AvgIpc) is 2.97. The number of hydrogen-bond acceptors (Lipinski definition) is 4. The Bertz CT molecular complexity index is 1130. The molecule has 11 heteroatoms. The van der Waals surface area contributed by atoms with Crippen LogP contribution in [0.25, 0.3) is 16.6 Å². The standard InChI is InChI=1S/C18H17F3N6O2/c1-9(2)24-17(29)25-15-12(7-22)14-13(8-23-15)16(28)27(26-14)11-5-3-10(4-6-11)18(19,20)21/h3-9,22,26H,1-2H3,(H2,23,24,25,29). The number of anilines is 1. The number of nitrogens with zero attached hydrogens (tertiary/aromatic N) is 2. The molecular weight excluding hydrogens is 389 g/mol. The molecule has 0 saturated heterocycles. The maximum Gasteiger partial charge on any atom is 0.416 e. The van der Waals surface area contributed by atoms with Crippen molar-refractivity contribution in [1.29, 1.82) is 5.41 Å². The molecule has 0 saturated carbocycles. The van der Waals surface area contributed by atoms with Gasteiger partial charge in [-0.25, -0.2) is 14.5 Å². The summed E-state index contributed by atoms with van der Waals surface area (Å²) in [4.78, 5) is 28.6. The molecule has 2 aromatic heterocycles. The molecule has 0 radical (unpaired) electrons. The number of fused-ring (bicyclic) bond motifs is 1. The monoisotopic (exact) mass is 406 g/mol. The van der Waals surface area contributed by atoms with Crippen molar-refractivity contribution in [2.45, 2.75) is 26.1 Å². The average molecular weight is 406 g/mol. The zero-order valence-corrected chi connectivity index (χ0v) is 15.4. The van der Waals surface area contributed by atoms with Crippen LogP contribution in [0.1, 0.15) is 25.0 Å². The summed E-state index contributed by atoms with van der Waals surface area (Å²) in [5, 5.41) is 15.7. The Hall–Kier alpha value is -3.63. The molecule has 0 unspecified atom stereocenters. The second kappa shape index (κ2) is 7.41. The number of alkyl halides is 3. The lowest BCUT2D eigenvalue weighted by atomic mass is 10.2. The summed E-state index contributed by atoms with van der Waals surface area (Å²) in [5.74, 6) is 0.0615. The van der Waals surface area contributed by atoms with E-state index in [2.05, 4.69) is 20.7 Å². The van der Waals surface area contributed by atoms with Gasteiger partial charge in [0, 0.05) is 18.5 Å². The zero-order chi connectivity index (χ0) is 21.3. The van der Waals surface area contributed by atoms with Gasteiger partial charge in [-0.05, 0) is 38.1 Å². The molecule has 8 nitrogen and oxygen atoms in total. The summed E-state index contributed by atoms with van der Waals surface area (Å²) < 4.78 is 39.3. The van der Waals surface area contributed by atoms with Crippen LogP contribution in [0.3, 0.4) is 0 Å². The van der Waals surface area contributed by atoms with E-state index in [0.29, 0.717) is 0 Å². The molecule has 0 fully saturated rings. The number of carbonyl (C=O) groups excluding carboxylic acids is 1. The first-order valence-electron chi connectivity index (χ1n) is 8.51. The number of benzene rings is 1. The molecule has 4 N–H and O–H groups in total. The number of aromatic amines is 1. The molecule has 3 rings (SSSR count). The van der Waals surface area contributed by atoms with Crippen molar-refractivity contribution >= 4 is 29.0 Å². The minimum absolute atomic E-state index is 0.0615. The number of rotatable bonds is 4. The second-order valence-electron chi connectivity index (χ2n) is 6.50. The Morgan fingerprint density at radius 3 is 2.48 bits per heavy atom. The van der Waals surface area contributed by atoms with E-state index in [-0.39, 0.29) is 34.0 Å². The maximum absolute atomic E-state index is 12.7. The van der Waals surface area contributed by atoms with Crippen molar-refractivity contribution in [3.05, 3.63) is 51.9 Å². The van der Waals surface area contributed by atoms with Gasteiger partial charge >= 0.3 is 12.2 Å². The Morgan fingerprint density at radius 2 is 1.93 bits per heavy atom. The van der Waals surface area contributed by atoms with Crippen molar-refractivity contribution < 1.29 is 18.0 Å². The Morgan fingerprint density at radius 1 is 1.28 bits per heavy atom. The van der Waals surface area contributed by atoms with Crippen LogP contribution in [-0.2, 0) is 6.18 Å². The van der Waals surface area contributed by atoms with Crippen molar-refractivity contribution in [2.75, 3.05) is 5.32 Å². The molecule has 0 aliphatic rings. The van der Waals surface area contributed by atoms with Crippen LogP contribution in [0, 0.1) is 5.41 Å². The van der Waals surface area contributed by atoms with Crippen LogP contribution in [0.2, 0.25) is 0 Å². The lowest BCUT2D eigenvalue weighted by Gasteiger charge is -2.11. The number of H-pyrrole nitrogens is 1. The van der Waals surface area contributed by atoms with Crippen LogP contribution in [0.5, 0.6) is 0 Å². The second-order valence-corrected chi connectivity index (χ2v) is 6.50. The molecule has 0 spiro atoms. The van der Waals surface area contributed by atoms with Gasteiger partial charge in [-0.3, -0.25) is 15.2 Å².